The lowest BCUT2D eigenvalue weighted by atomic mass is 10.1. The fourth-order valence-corrected chi connectivity index (χ4v) is 4.27. The van der Waals surface area contributed by atoms with E-state index in [0.717, 1.165) is 6.20 Å². The van der Waals surface area contributed by atoms with Crippen molar-refractivity contribution >= 4 is 11.8 Å². The molecule has 2 aliphatic heterocycles. The van der Waals surface area contributed by atoms with E-state index >= 15 is 0 Å². The second-order valence-electron chi connectivity index (χ2n) is 7.86. The fourth-order valence-electron chi connectivity index (χ4n) is 4.27. The summed E-state index contributed by atoms with van der Waals surface area (Å²) in [4.78, 5) is 39.3. The van der Waals surface area contributed by atoms with E-state index in [2.05, 4.69) is 5.32 Å². The van der Waals surface area contributed by atoms with Gasteiger partial charge in [0.15, 0.2) is 11.4 Å². The van der Waals surface area contributed by atoms with Crippen LogP contribution < -0.4 is 10.7 Å². The summed E-state index contributed by atoms with van der Waals surface area (Å²) in [6, 6.07) is -0.125. The number of hydrogen-bond donors (Lipinski definition) is 2. The van der Waals surface area contributed by atoms with Gasteiger partial charge in [0.1, 0.15) is 29.7 Å². The Morgan fingerprint density at radius 2 is 1.84 bits per heavy atom. The van der Waals surface area contributed by atoms with Crippen LogP contribution in [0.25, 0.3) is 0 Å². The number of benzene rings is 1. The third kappa shape index (κ3) is 3.61. The zero-order chi connectivity index (χ0) is 23.2. The van der Waals surface area contributed by atoms with E-state index in [0.29, 0.717) is 31.4 Å². The van der Waals surface area contributed by atoms with E-state index in [4.69, 9.17) is 0 Å². The molecule has 0 spiro atoms. The number of nitrogens with zero attached hydrogens (tertiary/aromatic N) is 2. The Hall–Kier alpha value is -3.37. The van der Waals surface area contributed by atoms with Gasteiger partial charge in [-0.05, 0) is 19.3 Å². The highest BCUT2D eigenvalue weighted by molar-refractivity contribution is 5.99. The average molecular weight is 453 g/mol. The molecule has 2 unspecified atom stereocenters. The molecule has 1 aromatic carbocycles. The molecule has 1 saturated heterocycles. The minimum absolute atomic E-state index is 0.162. The minimum atomic E-state index is -1.21. The summed E-state index contributed by atoms with van der Waals surface area (Å²) in [6.07, 6.45) is 2.68. The van der Waals surface area contributed by atoms with E-state index in [1.807, 2.05) is 0 Å². The number of amides is 2. The van der Waals surface area contributed by atoms with Crippen LogP contribution in [0.1, 0.15) is 51.7 Å². The van der Waals surface area contributed by atoms with Crippen molar-refractivity contribution in [2.45, 2.75) is 37.9 Å². The predicted molar refractivity (Wildman–Crippen MR) is 104 cm³/mol. The minimum Gasteiger partial charge on any atom is -0.503 e. The number of carbonyl (C=O) groups is 2. The SMILES string of the molecule is O=C(NCc1c(F)cc(F)cc1F)c1cn2c(c(O)c1=O)C(=O)N1CC2CCCC1CF. The molecule has 170 valence electrons. The average Bonchev–Trinajstić information content (AvgIpc) is 2.93. The predicted octanol–water partition coefficient (Wildman–Crippen LogP) is 2.42. The first-order valence-corrected chi connectivity index (χ1v) is 9.99. The van der Waals surface area contributed by atoms with Gasteiger partial charge in [0.2, 0.25) is 5.43 Å². The van der Waals surface area contributed by atoms with E-state index in [1.54, 1.807) is 0 Å². The molecule has 2 bridgehead atoms. The van der Waals surface area contributed by atoms with Crippen molar-refractivity contribution in [3.05, 3.63) is 62.8 Å². The Bertz CT molecular complexity index is 1140. The van der Waals surface area contributed by atoms with Crippen LogP contribution in [0, 0.1) is 17.5 Å². The first-order chi connectivity index (χ1) is 15.2. The standard InChI is InChI=1S/C21H19F4N3O4/c22-6-11-2-1-3-12-8-28(11)21(32)17-19(30)18(29)14(9-27(12)17)20(31)26-7-13-15(24)4-10(23)5-16(13)25/h4-5,9,11-12,30H,1-3,6-8H2,(H,26,31). The third-order valence-corrected chi connectivity index (χ3v) is 5.94. The van der Waals surface area contributed by atoms with Gasteiger partial charge in [0, 0.05) is 37.0 Å². The molecule has 2 aliphatic rings. The Kier molecular flexibility index (Phi) is 5.66. The maximum atomic E-state index is 13.8. The van der Waals surface area contributed by atoms with Crippen LogP contribution in [0.5, 0.6) is 5.75 Å². The summed E-state index contributed by atoms with van der Waals surface area (Å²) in [5, 5.41) is 12.6. The van der Waals surface area contributed by atoms with E-state index in [-0.39, 0.29) is 18.3 Å². The van der Waals surface area contributed by atoms with Gasteiger partial charge in [0.25, 0.3) is 11.8 Å². The molecule has 2 amide bonds. The van der Waals surface area contributed by atoms with Crippen molar-refractivity contribution in [3.8, 4) is 5.75 Å². The highest BCUT2D eigenvalue weighted by atomic mass is 19.1. The van der Waals surface area contributed by atoms with E-state index < -0.39 is 70.8 Å². The van der Waals surface area contributed by atoms with Crippen molar-refractivity contribution in [1.82, 2.24) is 14.8 Å². The molecule has 0 saturated carbocycles. The van der Waals surface area contributed by atoms with Crippen LogP contribution in [0.2, 0.25) is 0 Å². The van der Waals surface area contributed by atoms with Gasteiger partial charge in [-0.1, -0.05) is 0 Å². The third-order valence-electron chi connectivity index (χ3n) is 5.94. The summed E-state index contributed by atoms with van der Waals surface area (Å²) in [7, 11) is 0. The van der Waals surface area contributed by atoms with Crippen LogP contribution in [0.3, 0.4) is 0 Å². The number of aromatic hydroxyl groups is 1. The lowest BCUT2D eigenvalue weighted by Crippen LogP contribution is -2.49. The van der Waals surface area contributed by atoms with Crippen LogP contribution >= 0.6 is 0 Å². The van der Waals surface area contributed by atoms with Crippen molar-refractivity contribution in [1.29, 1.82) is 0 Å². The van der Waals surface area contributed by atoms with E-state index in [9.17, 15) is 37.1 Å². The number of aromatic nitrogens is 1. The second kappa shape index (κ2) is 8.29. The Labute approximate surface area is 179 Å². The summed E-state index contributed by atoms with van der Waals surface area (Å²) in [5.41, 5.74) is -2.59. The lowest BCUT2D eigenvalue weighted by Gasteiger charge is -2.37. The summed E-state index contributed by atoms with van der Waals surface area (Å²) in [6.45, 7) is -1.26. The van der Waals surface area contributed by atoms with Gasteiger partial charge in [-0.3, -0.25) is 14.4 Å². The van der Waals surface area contributed by atoms with Crippen LogP contribution in [-0.2, 0) is 6.54 Å². The van der Waals surface area contributed by atoms with Crippen LogP contribution in [0.15, 0.2) is 23.1 Å². The number of fused-ring (bicyclic) bond motifs is 4. The molecule has 2 N–H and O–H groups in total. The number of rotatable bonds is 4. The highest BCUT2D eigenvalue weighted by Crippen LogP contribution is 2.34. The first kappa shape index (κ1) is 21.8. The summed E-state index contributed by atoms with van der Waals surface area (Å²) < 4.78 is 55.4. The number of carbonyl (C=O) groups excluding carboxylic acids is 2. The quantitative estimate of drug-likeness (QED) is 0.696. The molecule has 1 aromatic heterocycles. The molecule has 7 nitrogen and oxygen atoms in total. The molecule has 0 radical (unpaired) electrons. The molecule has 1 fully saturated rings. The molecular formula is C21H19F4N3O4. The first-order valence-electron chi connectivity index (χ1n) is 9.99. The summed E-state index contributed by atoms with van der Waals surface area (Å²) >= 11 is 0. The van der Waals surface area contributed by atoms with Crippen LogP contribution in [-0.4, -0.2) is 45.6 Å². The molecule has 0 aliphatic carbocycles. The van der Waals surface area contributed by atoms with Gasteiger partial charge < -0.3 is 19.9 Å². The number of nitrogens with one attached hydrogen (secondary N) is 1. The van der Waals surface area contributed by atoms with Gasteiger partial charge in [-0.15, -0.1) is 0 Å². The maximum absolute atomic E-state index is 13.8. The fraction of sp³-hybridized carbons (Fsp3) is 0.381. The van der Waals surface area contributed by atoms with Crippen molar-refractivity contribution in [3.63, 3.8) is 0 Å². The van der Waals surface area contributed by atoms with Crippen molar-refractivity contribution in [2.24, 2.45) is 0 Å². The molecule has 2 aromatic rings. The van der Waals surface area contributed by atoms with E-state index in [1.165, 1.54) is 9.47 Å². The normalized spacial score (nSPS) is 20.0. The Balaban J connectivity index is 1.67. The number of halogens is 4. The van der Waals surface area contributed by atoms with Crippen LogP contribution in [0.4, 0.5) is 17.6 Å². The summed E-state index contributed by atoms with van der Waals surface area (Å²) in [5.74, 6) is -6.23. The van der Waals surface area contributed by atoms with Gasteiger partial charge in [-0.25, -0.2) is 17.6 Å². The monoisotopic (exact) mass is 453 g/mol. The zero-order valence-corrected chi connectivity index (χ0v) is 16.7. The molecule has 32 heavy (non-hydrogen) atoms. The molecule has 11 heteroatoms. The number of hydrogen-bond acceptors (Lipinski definition) is 4. The Morgan fingerprint density at radius 3 is 2.50 bits per heavy atom. The van der Waals surface area contributed by atoms with Gasteiger partial charge in [-0.2, -0.15) is 0 Å². The highest BCUT2D eigenvalue weighted by Gasteiger charge is 2.40. The molecule has 2 atom stereocenters. The molecule has 4 rings (SSSR count). The zero-order valence-electron chi connectivity index (χ0n) is 16.7. The van der Waals surface area contributed by atoms with Crippen molar-refractivity contribution in [2.75, 3.05) is 13.2 Å². The van der Waals surface area contributed by atoms with Crippen molar-refractivity contribution < 1.29 is 32.3 Å². The number of alkyl halides is 1. The topological polar surface area (TPSA) is 91.6 Å². The van der Waals surface area contributed by atoms with Gasteiger partial charge in [0.05, 0.1) is 12.1 Å². The molecular weight excluding hydrogens is 434 g/mol. The molecule has 3 heterocycles. The van der Waals surface area contributed by atoms with Gasteiger partial charge >= 0.3 is 0 Å². The second-order valence-corrected chi connectivity index (χ2v) is 7.86. The Morgan fingerprint density at radius 1 is 1.16 bits per heavy atom. The lowest BCUT2D eigenvalue weighted by molar-refractivity contribution is 0.0557. The smallest absolute Gasteiger partial charge is 0.274 e. The maximum Gasteiger partial charge on any atom is 0.274 e. The number of pyridine rings is 1. The largest absolute Gasteiger partial charge is 0.503 e.